The van der Waals surface area contributed by atoms with Gasteiger partial charge in [-0.3, -0.25) is 4.79 Å². The molecule has 0 saturated heterocycles. The average molecular weight is 274 g/mol. The Morgan fingerprint density at radius 3 is 2.35 bits per heavy atom. The van der Waals surface area contributed by atoms with Crippen LogP contribution < -0.4 is 10.5 Å². The number of benzene rings is 1. The minimum Gasteiger partial charge on any atom is -0.494 e. The normalized spacial score (nSPS) is 17.9. The number of carbonyl (C=O) groups is 1. The van der Waals surface area contributed by atoms with Crippen molar-refractivity contribution in [2.45, 2.75) is 25.7 Å². The van der Waals surface area contributed by atoms with Crippen molar-refractivity contribution >= 4 is 11.6 Å². The number of carbonyl (C=O) groups excluding carboxylic acids is 1. The molecule has 108 valence electrons. The maximum atomic E-state index is 12.8. The van der Waals surface area contributed by atoms with Crippen LogP contribution in [0.3, 0.4) is 0 Å². The van der Waals surface area contributed by atoms with Crippen molar-refractivity contribution in [3.63, 3.8) is 0 Å². The number of rotatable bonds is 6. The zero-order valence-corrected chi connectivity index (χ0v) is 12.0. The Morgan fingerprint density at radius 1 is 1.25 bits per heavy atom. The number of hydrogen-bond acceptors (Lipinski definition) is 3. The molecule has 0 bridgehead atoms. The Labute approximate surface area is 119 Å². The highest BCUT2D eigenvalue weighted by Crippen LogP contribution is 2.35. The average Bonchev–Trinajstić information content (AvgIpc) is 3.32. The second kappa shape index (κ2) is 5.35. The summed E-state index contributed by atoms with van der Waals surface area (Å²) in [6, 6.07) is 5.39. The van der Waals surface area contributed by atoms with Crippen LogP contribution in [-0.4, -0.2) is 31.0 Å². The highest BCUT2D eigenvalue weighted by atomic mass is 16.5. The quantitative estimate of drug-likeness (QED) is 0.811. The van der Waals surface area contributed by atoms with Crippen molar-refractivity contribution in [3.8, 4) is 5.75 Å². The molecule has 2 N–H and O–H groups in total. The maximum Gasteiger partial charge on any atom is 0.257 e. The first-order chi connectivity index (χ1) is 9.69. The number of nitrogens with zero attached hydrogens (tertiary/aromatic N) is 1. The number of para-hydroxylation sites is 1. The van der Waals surface area contributed by atoms with Crippen molar-refractivity contribution < 1.29 is 9.53 Å². The fourth-order valence-electron chi connectivity index (χ4n) is 2.59. The second-order valence-electron chi connectivity index (χ2n) is 6.02. The largest absolute Gasteiger partial charge is 0.494 e. The van der Waals surface area contributed by atoms with Crippen molar-refractivity contribution in [2.75, 3.05) is 25.9 Å². The highest BCUT2D eigenvalue weighted by Gasteiger charge is 2.32. The van der Waals surface area contributed by atoms with E-state index >= 15 is 0 Å². The number of nitrogen functional groups attached to an aromatic ring is 1. The number of nitrogens with two attached hydrogens (primary N) is 1. The summed E-state index contributed by atoms with van der Waals surface area (Å²) in [5, 5.41) is 0. The van der Waals surface area contributed by atoms with Crippen LogP contribution in [0.25, 0.3) is 0 Å². The molecule has 0 aromatic heterocycles. The molecular formula is C16H22N2O2. The Hall–Kier alpha value is -1.71. The fourth-order valence-corrected chi connectivity index (χ4v) is 2.59. The monoisotopic (exact) mass is 274 g/mol. The van der Waals surface area contributed by atoms with E-state index in [1.807, 2.05) is 17.0 Å². The molecule has 4 heteroatoms. The van der Waals surface area contributed by atoms with Crippen LogP contribution in [-0.2, 0) is 0 Å². The van der Waals surface area contributed by atoms with E-state index in [4.69, 9.17) is 10.5 Å². The zero-order chi connectivity index (χ0) is 14.1. The molecule has 0 aliphatic heterocycles. The van der Waals surface area contributed by atoms with Gasteiger partial charge < -0.3 is 15.4 Å². The third-order valence-corrected chi connectivity index (χ3v) is 4.12. The molecule has 3 rings (SSSR count). The maximum absolute atomic E-state index is 12.8. The second-order valence-corrected chi connectivity index (χ2v) is 6.02. The molecule has 1 amide bonds. The molecule has 1 aromatic rings. The Morgan fingerprint density at radius 2 is 1.85 bits per heavy atom. The molecule has 20 heavy (non-hydrogen) atoms. The Bertz CT molecular complexity index is 493. The molecule has 0 atom stereocenters. The molecule has 2 aliphatic carbocycles. The van der Waals surface area contributed by atoms with Gasteiger partial charge in [-0.15, -0.1) is 0 Å². The van der Waals surface area contributed by atoms with E-state index in [1.54, 1.807) is 13.2 Å². The van der Waals surface area contributed by atoms with Gasteiger partial charge in [0, 0.05) is 13.1 Å². The number of anilines is 1. The summed E-state index contributed by atoms with van der Waals surface area (Å²) in [4.78, 5) is 14.8. The lowest BCUT2D eigenvalue weighted by atomic mass is 10.1. The minimum absolute atomic E-state index is 0.0629. The number of amides is 1. The van der Waals surface area contributed by atoms with Gasteiger partial charge in [0.05, 0.1) is 18.4 Å². The third-order valence-electron chi connectivity index (χ3n) is 4.12. The number of hydrogen-bond donors (Lipinski definition) is 1. The molecule has 0 radical (unpaired) electrons. The van der Waals surface area contributed by atoms with E-state index in [0.29, 0.717) is 28.8 Å². The molecule has 2 fully saturated rings. The predicted octanol–water partition coefficient (Wildman–Crippen LogP) is 2.54. The number of methoxy groups -OCH3 is 1. The van der Waals surface area contributed by atoms with Gasteiger partial charge >= 0.3 is 0 Å². The topological polar surface area (TPSA) is 55.6 Å². The lowest BCUT2D eigenvalue weighted by molar-refractivity contribution is 0.0736. The van der Waals surface area contributed by atoms with Crippen LogP contribution in [0.1, 0.15) is 36.0 Å². The molecule has 0 spiro atoms. The lowest BCUT2D eigenvalue weighted by Crippen LogP contribution is -2.35. The summed E-state index contributed by atoms with van der Waals surface area (Å²) >= 11 is 0. The standard InChI is InChI=1S/C16H22N2O2/c1-20-15-13(3-2-4-14(15)17)16(19)18(9-11-5-6-11)10-12-7-8-12/h2-4,11-12H,5-10,17H2,1H3. The van der Waals surface area contributed by atoms with Gasteiger partial charge in [-0.05, 0) is 49.7 Å². The summed E-state index contributed by atoms with van der Waals surface area (Å²) in [5.41, 5.74) is 7.02. The molecule has 0 unspecified atom stereocenters. The molecule has 4 nitrogen and oxygen atoms in total. The van der Waals surface area contributed by atoms with Gasteiger partial charge in [-0.25, -0.2) is 0 Å². The van der Waals surface area contributed by atoms with E-state index in [2.05, 4.69) is 0 Å². The van der Waals surface area contributed by atoms with Crippen LogP contribution in [0.2, 0.25) is 0 Å². The fraction of sp³-hybridized carbons (Fsp3) is 0.562. The summed E-state index contributed by atoms with van der Waals surface area (Å²) in [5.74, 6) is 1.97. The van der Waals surface area contributed by atoms with Crippen LogP contribution in [0.4, 0.5) is 5.69 Å². The summed E-state index contributed by atoms with van der Waals surface area (Å²) in [7, 11) is 1.56. The van der Waals surface area contributed by atoms with E-state index in [1.165, 1.54) is 25.7 Å². The van der Waals surface area contributed by atoms with Crippen molar-refractivity contribution in [1.29, 1.82) is 0 Å². The highest BCUT2D eigenvalue weighted by molar-refractivity contribution is 5.98. The Balaban J connectivity index is 1.81. The first kappa shape index (κ1) is 13.3. The van der Waals surface area contributed by atoms with Crippen LogP contribution >= 0.6 is 0 Å². The smallest absolute Gasteiger partial charge is 0.257 e. The summed E-state index contributed by atoms with van der Waals surface area (Å²) in [6.45, 7) is 1.76. The van der Waals surface area contributed by atoms with Crippen molar-refractivity contribution in [2.24, 2.45) is 11.8 Å². The SMILES string of the molecule is COc1c(N)cccc1C(=O)N(CC1CC1)CC1CC1. The van der Waals surface area contributed by atoms with Gasteiger partial charge in [-0.1, -0.05) is 6.07 Å². The molecule has 2 aliphatic rings. The third kappa shape index (κ3) is 2.89. The zero-order valence-electron chi connectivity index (χ0n) is 12.0. The number of ether oxygens (including phenoxy) is 1. The van der Waals surface area contributed by atoms with Crippen LogP contribution in [0.15, 0.2) is 18.2 Å². The van der Waals surface area contributed by atoms with Crippen LogP contribution in [0.5, 0.6) is 5.75 Å². The molecule has 0 heterocycles. The van der Waals surface area contributed by atoms with E-state index < -0.39 is 0 Å². The van der Waals surface area contributed by atoms with Gasteiger partial charge in [0.25, 0.3) is 5.91 Å². The van der Waals surface area contributed by atoms with Crippen molar-refractivity contribution in [3.05, 3.63) is 23.8 Å². The first-order valence-electron chi connectivity index (χ1n) is 7.40. The summed E-state index contributed by atoms with van der Waals surface area (Å²) in [6.07, 6.45) is 5.01. The Kier molecular flexibility index (Phi) is 3.55. The predicted molar refractivity (Wildman–Crippen MR) is 78.8 cm³/mol. The minimum atomic E-state index is 0.0629. The van der Waals surface area contributed by atoms with Gasteiger partial charge in [-0.2, -0.15) is 0 Å². The molecule has 1 aromatic carbocycles. The van der Waals surface area contributed by atoms with E-state index in [0.717, 1.165) is 13.1 Å². The van der Waals surface area contributed by atoms with Gasteiger partial charge in [0.2, 0.25) is 0 Å². The van der Waals surface area contributed by atoms with E-state index in [9.17, 15) is 4.79 Å². The summed E-state index contributed by atoms with van der Waals surface area (Å²) < 4.78 is 5.32. The van der Waals surface area contributed by atoms with Gasteiger partial charge in [0.15, 0.2) is 5.75 Å². The van der Waals surface area contributed by atoms with E-state index in [-0.39, 0.29) is 5.91 Å². The lowest BCUT2D eigenvalue weighted by Gasteiger charge is -2.24. The van der Waals surface area contributed by atoms with Gasteiger partial charge in [0.1, 0.15) is 0 Å². The first-order valence-corrected chi connectivity index (χ1v) is 7.40. The van der Waals surface area contributed by atoms with Crippen LogP contribution in [0, 0.1) is 11.8 Å². The molecule has 2 saturated carbocycles. The van der Waals surface area contributed by atoms with Crippen molar-refractivity contribution in [1.82, 2.24) is 4.90 Å². The molecular weight excluding hydrogens is 252 g/mol.